The summed E-state index contributed by atoms with van der Waals surface area (Å²) in [5.41, 5.74) is 2.20. The molecule has 1 aromatic rings. The first-order valence-corrected chi connectivity index (χ1v) is 8.45. The molecule has 1 aromatic carbocycles. The molecule has 0 radical (unpaired) electrons. The third kappa shape index (κ3) is 5.28. The van der Waals surface area contributed by atoms with Crippen molar-refractivity contribution in [1.29, 1.82) is 0 Å². The number of aliphatic hydroxyl groups is 1. The smallest absolute Gasteiger partial charge is 0.119 e. The van der Waals surface area contributed by atoms with Gasteiger partial charge in [-0.1, -0.05) is 11.8 Å². The Hall–Kier alpha value is -1.15. The van der Waals surface area contributed by atoms with E-state index in [9.17, 15) is 0 Å². The first kappa shape index (κ1) is 16.2. The van der Waals surface area contributed by atoms with Gasteiger partial charge in [-0.05, 0) is 36.6 Å². The number of thioether (sulfide) groups is 1. The second-order valence-electron chi connectivity index (χ2n) is 4.95. The maximum absolute atomic E-state index is 8.82. The zero-order valence-corrected chi connectivity index (χ0v) is 13.2. The summed E-state index contributed by atoms with van der Waals surface area (Å²) in [5, 5.41) is 8.82. The van der Waals surface area contributed by atoms with Gasteiger partial charge in [-0.2, -0.15) is 11.8 Å². The van der Waals surface area contributed by atoms with Gasteiger partial charge in [0.05, 0.1) is 19.8 Å². The van der Waals surface area contributed by atoms with Gasteiger partial charge in [0.25, 0.3) is 0 Å². The van der Waals surface area contributed by atoms with Gasteiger partial charge in [0.2, 0.25) is 0 Å². The van der Waals surface area contributed by atoms with E-state index in [0.717, 1.165) is 29.4 Å². The van der Waals surface area contributed by atoms with Crippen LogP contribution >= 0.6 is 11.8 Å². The minimum absolute atomic E-state index is 0.103. The van der Waals surface area contributed by atoms with E-state index in [1.807, 2.05) is 30.0 Å². The molecule has 1 saturated heterocycles. The number of hydrogen-bond acceptors (Lipinski definition) is 4. The molecular weight excluding hydrogens is 284 g/mol. The molecule has 114 valence electrons. The standard InChI is InChI=1S/C17H22O3S/c1-19-16-8-7-14(5-2-3-9-18)15(11-16)12-21-13-17-6-4-10-20-17/h7-8,11,17-18H,3-4,6,9-10,12-13H2,1H3. The molecular formula is C17H22O3S. The molecule has 0 aliphatic carbocycles. The second-order valence-corrected chi connectivity index (χ2v) is 5.98. The predicted molar refractivity (Wildman–Crippen MR) is 86.7 cm³/mol. The Morgan fingerprint density at radius 1 is 1.48 bits per heavy atom. The second kappa shape index (κ2) is 8.99. The minimum Gasteiger partial charge on any atom is -0.497 e. The van der Waals surface area contributed by atoms with Crippen molar-refractivity contribution in [2.75, 3.05) is 26.1 Å². The van der Waals surface area contributed by atoms with E-state index in [2.05, 4.69) is 11.8 Å². The molecule has 0 aromatic heterocycles. The van der Waals surface area contributed by atoms with Crippen LogP contribution in [0.4, 0.5) is 0 Å². The van der Waals surface area contributed by atoms with Gasteiger partial charge in [-0.15, -0.1) is 0 Å². The van der Waals surface area contributed by atoms with Crippen LogP contribution in [0.15, 0.2) is 18.2 Å². The molecule has 0 bridgehead atoms. The van der Waals surface area contributed by atoms with Crippen molar-refractivity contribution >= 4 is 11.8 Å². The summed E-state index contributed by atoms with van der Waals surface area (Å²) in [5.74, 6) is 8.91. The zero-order valence-electron chi connectivity index (χ0n) is 12.4. The Morgan fingerprint density at radius 3 is 3.10 bits per heavy atom. The lowest BCUT2D eigenvalue weighted by Crippen LogP contribution is -2.08. The summed E-state index contributed by atoms with van der Waals surface area (Å²) in [4.78, 5) is 0. The van der Waals surface area contributed by atoms with Crippen molar-refractivity contribution in [3.8, 4) is 17.6 Å². The van der Waals surface area contributed by atoms with Gasteiger partial charge in [0.15, 0.2) is 0 Å². The van der Waals surface area contributed by atoms with Crippen molar-refractivity contribution in [3.63, 3.8) is 0 Å². The maximum Gasteiger partial charge on any atom is 0.119 e. The van der Waals surface area contributed by atoms with E-state index in [1.54, 1.807) is 7.11 Å². The van der Waals surface area contributed by atoms with Crippen LogP contribution in [0.3, 0.4) is 0 Å². The van der Waals surface area contributed by atoms with Gasteiger partial charge >= 0.3 is 0 Å². The highest BCUT2D eigenvalue weighted by Gasteiger charge is 2.15. The molecule has 1 atom stereocenters. The van der Waals surface area contributed by atoms with Crippen LogP contribution in [0.25, 0.3) is 0 Å². The van der Waals surface area contributed by atoms with Crippen LogP contribution in [-0.4, -0.2) is 37.3 Å². The molecule has 4 heteroatoms. The summed E-state index contributed by atoms with van der Waals surface area (Å²) < 4.78 is 10.9. The van der Waals surface area contributed by atoms with Crippen molar-refractivity contribution in [3.05, 3.63) is 29.3 Å². The highest BCUT2D eigenvalue weighted by atomic mass is 32.2. The topological polar surface area (TPSA) is 38.7 Å². The number of methoxy groups -OCH3 is 1. The fourth-order valence-electron chi connectivity index (χ4n) is 2.23. The Balaban J connectivity index is 1.98. The monoisotopic (exact) mass is 306 g/mol. The number of rotatable bonds is 6. The van der Waals surface area contributed by atoms with Gasteiger partial charge in [-0.3, -0.25) is 0 Å². The van der Waals surface area contributed by atoms with E-state index < -0.39 is 0 Å². The Bertz CT molecular complexity index is 498. The summed E-state index contributed by atoms with van der Waals surface area (Å²) in [6, 6.07) is 5.97. The van der Waals surface area contributed by atoms with E-state index in [4.69, 9.17) is 14.6 Å². The lowest BCUT2D eigenvalue weighted by Gasteiger charge is -2.10. The molecule has 2 rings (SSSR count). The average molecular weight is 306 g/mol. The highest BCUT2D eigenvalue weighted by Crippen LogP contribution is 2.24. The fourth-order valence-corrected chi connectivity index (χ4v) is 3.33. The predicted octanol–water partition coefficient (Wildman–Crippen LogP) is 2.84. The highest BCUT2D eigenvalue weighted by molar-refractivity contribution is 7.98. The Labute approximate surface area is 131 Å². The molecule has 1 fully saturated rings. The molecule has 1 heterocycles. The van der Waals surface area contributed by atoms with Crippen LogP contribution < -0.4 is 4.74 Å². The Morgan fingerprint density at radius 2 is 2.38 bits per heavy atom. The largest absolute Gasteiger partial charge is 0.497 e. The first-order valence-electron chi connectivity index (χ1n) is 7.29. The van der Waals surface area contributed by atoms with Crippen LogP contribution in [0, 0.1) is 11.8 Å². The molecule has 0 spiro atoms. The van der Waals surface area contributed by atoms with E-state index in [0.29, 0.717) is 12.5 Å². The summed E-state index contributed by atoms with van der Waals surface area (Å²) >= 11 is 1.88. The zero-order chi connectivity index (χ0) is 14.9. The van der Waals surface area contributed by atoms with Crippen molar-refractivity contribution in [2.45, 2.75) is 31.1 Å². The van der Waals surface area contributed by atoms with Gasteiger partial charge in [-0.25, -0.2) is 0 Å². The fraction of sp³-hybridized carbons (Fsp3) is 0.529. The SMILES string of the molecule is COc1ccc(C#CCCO)c(CSCC2CCCO2)c1. The quantitative estimate of drug-likeness (QED) is 0.820. The molecule has 3 nitrogen and oxygen atoms in total. The number of benzene rings is 1. The summed E-state index contributed by atoms with van der Waals surface area (Å²) in [6.45, 7) is 1.01. The molecule has 1 N–H and O–H groups in total. The van der Waals surface area contributed by atoms with Crippen LogP contribution in [0.2, 0.25) is 0 Å². The molecule has 1 aliphatic heterocycles. The number of hydrogen-bond donors (Lipinski definition) is 1. The van der Waals surface area contributed by atoms with Gasteiger partial charge < -0.3 is 14.6 Å². The third-order valence-electron chi connectivity index (χ3n) is 3.36. The van der Waals surface area contributed by atoms with Crippen LogP contribution in [0.1, 0.15) is 30.4 Å². The lowest BCUT2D eigenvalue weighted by atomic mass is 10.1. The maximum atomic E-state index is 8.82. The minimum atomic E-state index is 0.103. The van der Waals surface area contributed by atoms with Gasteiger partial charge in [0, 0.05) is 30.1 Å². The van der Waals surface area contributed by atoms with Gasteiger partial charge in [0.1, 0.15) is 5.75 Å². The molecule has 0 amide bonds. The summed E-state index contributed by atoms with van der Waals surface area (Å²) in [7, 11) is 1.68. The lowest BCUT2D eigenvalue weighted by molar-refractivity contribution is 0.129. The molecule has 0 saturated carbocycles. The van der Waals surface area contributed by atoms with E-state index in [1.165, 1.54) is 18.4 Å². The molecule has 1 unspecified atom stereocenters. The summed E-state index contributed by atoms with van der Waals surface area (Å²) in [6.07, 6.45) is 3.27. The normalized spacial score (nSPS) is 17.3. The van der Waals surface area contributed by atoms with Crippen molar-refractivity contribution < 1.29 is 14.6 Å². The molecule has 1 aliphatic rings. The first-order chi connectivity index (χ1) is 10.3. The van der Waals surface area contributed by atoms with Crippen molar-refractivity contribution in [1.82, 2.24) is 0 Å². The number of aliphatic hydroxyl groups excluding tert-OH is 1. The van der Waals surface area contributed by atoms with Crippen LogP contribution in [-0.2, 0) is 10.5 Å². The van der Waals surface area contributed by atoms with Crippen molar-refractivity contribution in [2.24, 2.45) is 0 Å². The van der Waals surface area contributed by atoms with E-state index in [-0.39, 0.29) is 6.61 Å². The number of ether oxygens (including phenoxy) is 2. The average Bonchev–Trinajstić information content (AvgIpc) is 3.02. The van der Waals surface area contributed by atoms with E-state index >= 15 is 0 Å². The van der Waals surface area contributed by atoms with Crippen LogP contribution in [0.5, 0.6) is 5.75 Å². The molecule has 21 heavy (non-hydrogen) atoms. The Kier molecular flexibility index (Phi) is 6.94. The third-order valence-corrected chi connectivity index (χ3v) is 4.48.